The number of aliphatic imine (C=N–C) groups is 2. The maximum atomic E-state index is 13.8. The van der Waals surface area contributed by atoms with Crippen molar-refractivity contribution >= 4 is 58.3 Å². The van der Waals surface area contributed by atoms with Crippen LogP contribution in [0.1, 0.15) is 63.0 Å². The van der Waals surface area contributed by atoms with E-state index in [4.69, 9.17) is 34.4 Å². The third-order valence-corrected chi connectivity index (χ3v) is 9.93. The molecule has 3 rings (SSSR count). The first-order valence-corrected chi connectivity index (χ1v) is 20.6. The van der Waals surface area contributed by atoms with Crippen LogP contribution in [0.2, 0.25) is 0 Å². The smallest absolute Gasteiger partial charge is 0.326 e. The number of aromatic nitrogens is 1. The highest BCUT2D eigenvalue weighted by Crippen LogP contribution is 2.19. The van der Waals surface area contributed by atoms with Gasteiger partial charge in [0, 0.05) is 36.6 Å². The summed E-state index contributed by atoms with van der Waals surface area (Å²) in [6.45, 7) is 1.91. The van der Waals surface area contributed by atoms with E-state index in [0.717, 1.165) is 16.5 Å². The van der Waals surface area contributed by atoms with Crippen LogP contribution in [0.25, 0.3) is 10.9 Å². The number of aromatic hydroxyl groups is 1. The minimum absolute atomic E-state index is 0.00164. The molecule has 0 aliphatic heterocycles. The number of carbonyl (C=O) groups excluding carboxylic acids is 5. The summed E-state index contributed by atoms with van der Waals surface area (Å²) in [7, 11) is 0. The number of carboxylic acids is 1. The van der Waals surface area contributed by atoms with E-state index in [-0.39, 0.29) is 75.7 Å². The number of nitrogens with two attached hydrogens (primary N) is 6. The topological polar surface area (TPSA) is 400 Å². The molecule has 0 spiro atoms. The highest BCUT2D eigenvalue weighted by atomic mass is 16.4. The Balaban J connectivity index is 1.76. The third kappa shape index (κ3) is 17.5. The number of aliphatic carboxylic acids is 1. The van der Waals surface area contributed by atoms with Crippen molar-refractivity contribution in [2.45, 2.75) is 101 Å². The van der Waals surface area contributed by atoms with Crippen molar-refractivity contribution in [3.05, 3.63) is 65.9 Å². The summed E-state index contributed by atoms with van der Waals surface area (Å²) in [5, 5.41) is 33.5. The lowest BCUT2D eigenvalue weighted by Gasteiger charge is -2.26. The molecule has 0 bridgehead atoms. The first-order valence-electron chi connectivity index (χ1n) is 20.6. The van der Waals surface area contributed by atoms with E-state index in [0.29, 0.717) is 24.9 Å². The summed E-state index contributed by atoms with van der Waals surface area (Å²) in [5.41, 5.74) is 35.8. The van der Waals surface area contributed by atoms with Crippen molar-refractivity contribution < 1.29 is 39.0 Å². The van der Waals surface area contributed by atoms with Gasteiger partial charge in [-0.15, -0.1) is 0 Å². The van der Waals surface area contributed by atoms with Gasteiger partial charge in [-0.25, -0.2) is 4.79 Å². The predicted octanol–water partition coefficient (Wildman–Crippen LogP) is -2.25. The highest BCUT2D eigenvalue weighted by molar-refractivity contribution is 5.96. The molecule has 22 heteroatoms. The Kier molecular flexibility index (Phi) is 20.6. The third-order valence-electron chi connectivity index (χ3n) is 9.93. The van der Waals surface area contributed by atoms with Gasteiger partial charge in [-0.1, -0.05) is 30.3 Å². The number of phenolic OH excluding ortho intramolecular Hbond substituents is 1. The summed E-state index contributed by atoms with van der Waals surface area (Å²) in [4.78, 5) is 91.2. The zero-order valence-corrected chi connectivity index (χ0v) is 35.3. The number of hydrogen-bond acceptors (Lipinski definition) is 11. The minimum Gasteiger partial charge on any atom is -0.508 e. The molecule has 3 aromatic rings. The SMILES string of the molecule is C[C@H](NC(=O)[C@H](Cc1ccc(O)cc1)NC(=O)[C@@H](N)Cc1c[nH]c2ccccc12)C(=O)N[C@@H](CCCCN)C(=O)N[C@@H](CCCN=C(N)N)C(=O)N[C@@H](CCCN=C(N)N)C(=O)O. The van der Waals surface area contributed by atoms with E-state index < -0.39 is 71.8 Å². The Labute approximate surface area is 364 Å². The number of rotatable bonds is 27. The molecule has 0 unspecified atom stereocenters. The van der Waals surface area contributed by atoms with Crippen molar-refractivity contribution in [3.63, 3.8) is 0 Å². The number of benzene rings is 2. The number of fused-ring (bicyclic) bond motifs is 1. The van der Waals surface area contributed by atoms with Crippen molar-refractivity contribution in [2.75, 3.05) is 19.6 Å². The van der Waals surface area contributed by atoms with Crippen LogP contribution in [-0.2, 0) is 41.6 Å². The largest absolute Gasteiger partial charge is 0.508 e. The summed E-state index contributed by atoms with van der Waals surface area (Å²) in [6, 6.07) is 6.23. The second-order valence-electron chi connectivity index (χ2n) is 15.0. The number of nitrogens with one attached hydrogen (secondary N) is 6. The van der Waals surface area contributed by atoms with Crippen LogP contribution < -0.4 is 61.0 Å². The maximum absolute atomic E-state index is 13.8. The molecule has 5 amide bonds. The average Bonchev–Trinajstić information content (AvgIpc) is 3.64. The Hall–Kier alpha value is -6.94. The number of guanidine groups is 2. The summed E-state index contributed by atoms with van der Waals surface area (Å²) in [6.07, 6.45) is 3.29. The molecule has 0 radical (unpaired) electrons. The fraction of sp³-hybridized carbons (Fsp3) is 0.463. The number of carbonyl (C=O) groups is 6. The molecule has 20 N–H and O–H groups in total. The fourth-order valence-electron chi connectivity index (χ4n) is 6.50. The number of hydrogen-bond donors (Lipinski definition) is 14. The van der Waals surface area contributed by atoms with E-state index in [1.165, 1.54) is 19.1 Å². The van der Waals surface area contributed by atoms with Gasteiger partial charge in [0.15, 0.2) is 11.9 Å². The van der Waals surface area contributed by atoms with Gasteiger partial charge in [-0.2, -0.15) is 0 Å². The molecule has 1 heterocycles. The lowest BCUT2D eigenvalue weighted by atomic mass is 10.0. The van der Waals surface area contributed by atoms with Gasteiger partial charge >= 0.3 is 5.97 Å². The molecular formula is C41H62N14O8. The van der Waals surface area contributed by atoms with Gasteiger partial charge in [-0.05, 0) is 94.2 Å². The number of nitrogens with zero attached hydrogens (tertiary/aromatic N) is 2. The van der Waals surface area contributed by atoms with Gasteiger partial charge < -0.3 is 76.2 Å². The molecule has 0 saturated carbocycles. The molecule has 0 aliphatic carbocycles. The Bertz CT molecular complexity index is 2050. The number of unbranched alkanes of at least 4 members (excludes halogenated alkanes) is 1. The van der Waals surface area contributed by atoms with E-state index in [1.807, 2.05) is 24.3 Å². The van der Waals surface area contributed by atoms with Crippen LogP contribution in [0.4, 0.5) is 0 Å². The van der Waals surface area contributed by atoms with E-state index in [2.05, 4.69) is 41.6 Å². The molecular weight excluding hydrogens is 817 g/mol. The van der Waals surface area contributed by atoms with Crippen LogP contribution in [0.15, 0.2) is 64.7 Å². The van der Waals surface area contributed by atoms with Gasteiger partial charge in [0.05, 0.1) is 6.04 Å². The van der Waals surface area contributed by atoms with E-state index in [9.17, 15) is 39.0 Å². The second kappa shape index (κ2) is 25.7. The quantitative estimate of drug-likeness (QED) is 0.0219. The number of phenols is 1. The minimum atomic E-state index is -1.34. The molecule has 0 aliphatic rings. The maximum Gasteiger partial charge on any atom is 0.326 e. The standard InChI is InChI=1S/C41H62N14O8/c1-23(51-38(61)33(20-24-13-15-26(56)16-14-24)55-35(58)28(43)21-25-22-50-29-9-3-2-8-27(25)29)34(57)52-30(10-4-5-17-42)36(59)53-31(11-6-18-48-40(44)45)37(60)54-32(39(62)63)12-7-19-49-41(46)47/h2-3,8-9,13-16,22-23,28,30-33,50,56H,4-7,10-12,17-21,42-43H2,1H3,(H,51,61)(H,52,57)(H,53,59)(H,54,60)(H,55,58)(H,62,63)(H4,44,45,48)(H4,46,47,49)/t23-,28-,30-,31-,32-,33-/m0/s1. The average molecular weight is 879 g/mol. The monoisotopic (exact) mass is 878 g/mol. The second-order valence-corrected chi connectivity index (χ2v) is 15.0. The molecule has 2 aromatic carbocycles. The van der Waals surface area contributed by atoms with Crippen molar-refractivity contribution in [3.8, 4) is 5.75 Å². The first-order chi connectivity index (χ1) is 30.0. The Morgan fingerprint density at radius 3 is 1.76 bits per heavy atom. The summed E-state index contributed by atoms with van der Waals surface area (Å²) >= 11 is 0. The molecule has 63 heavy (non-hydrogen) atoms. The van der Waals surface area contributed by atoms with E-state index in [1.54, 1.807) is 18.3 Å². The fourth-order valence-corrected chi connectivity index (χ4v) is 6.50. The lowest BCUT2D eigenvalue weighted by Crippen LogP contribution is -2.59. The summed E-state index contributed by atoms with van der Waals surface area (Å²) < 4.78 is 0. The predicted molar refractivity (Wildman–Crippen MR) is 237 cm³/mol. The number of amides is 5. The van der Waals surface area contributed by atoms with Gasteiger partial charge in [0.25, 0.3) is 0 Å². The van der Waals surface area contributed by atoms with Gasteiger partial charge in [0.2, 0.25) is 29.5 Å². The zero-order chi connectivity index (χ0) is 46.5. The molecule has 0 fully saturated rings. The van der Waals surface area contributed by atoms with Crippen LogP contribution in [0, 0.1) is 0 Å². The van der Waals surface area contributed by atoms with Crippen LogP contribution >= 0.6 is 0 Å². The van der Waals surface area contributed by atoms with E-state index >= 15 is 0 Å². The normalized spacial score (nSPS) is 13.8. The molecule has 6 atom stereocenters. The molecule has 344 valence electrons. The number of H-pyrrole nitrogens is 1. The number of aromatic amines is 1. The van der Waals surface area contributed by atoms with Crippen molar-refractivity contribution in [2.24, 2.45) is 44.4 Å². The molecule has 1 aromatic heterocycles. The number of carboxylic acid groups (broad SMARTS) is 1. The first kappa shape index (κ1) is 50.4. The van der Waals surface area contributed by atoms with Crippen molar-refractivity contribution in [1.82, 2.24) is 31.6 Å². The Morgan fingerprint density at radius 1 is 0.651 bits per heavy atom. The highest BCUT2D eigenvalue weighted by Gasteiger charge is 2.32. The van der Waals surface area contributed by atoms with Gasteiger partial charge in [-0.3, -0.25) is 34.0 Å². The van der Waals surface area contributed by atoms with Crippen molar-refractivity contribution in [1.29, 1.82) is 0 Å². The lowest BCUT2D eigenvalue weighted by molar-refractivity contribution is -0.142. The van der Waals surface area contributed by atoms with Gasteiger partial charge in [0.1, 0.15) is 36.0 Å². The summed E-state index contributed by atoms with van der Waals surface area (Å²) in [5.74, 6) is -5.36. The van der Waals surface area contributed by atoms with Crippen LogP contribution in [-0.4, -0.2) is 119 Å². The molecule has 0 saturated heterocycles. The Morgan fingerprint density at radius 2 is 1.17 bits per heavy atom. The van der Waals surface area contributed by atoms with Crippen LogP contribution in [0.5, 0.6) is 5.75 Å². The van der Waals surface area contributed by atoms with Crippen LogP contribution in [0.3, 0.4) is 0 Å². The number of para-hydroxylation sites is 1. The molecule has 22 nitrogen and oxygen atoms in total. The zero-order valence-electron chi connectivity index (χ0n) is 35.3.